The zero-order chi connectivity index (χ0) is 14.6. The first-order valence-electron chi connectivity index (χ1n) is 5.38. The number of nitro groups is 1. The zero-order valence-corrected chi connectivity index (χ0v) is 10.7. The van der Waals surface area contributed by atoms with Gasteiger partial charge in [0.25, 0.3) is 5.69 Å². The minimum Gasteiger partial charge on any atom is -0.452 e. The van der Waals surface area contributed by atoms with Gasteiger partial charge in [0.1, 0.15) is 11.4 Å². The SMILES string of the molecule is CC(C)(C)OC(=O)C(=O)Oc1ccc([N+](=O)[O-])cc1. The van der Waals surface area contributed by atoms with Crippen LogP contribution in [0.4, 0.5) is 5.69 Å². The molecule has 19 heavy (non-hydrogen) atoms. The molecule has 0 saturated heterocycles. The molecular formula is C12H13NO6. The van der Waals surface area contributed by atoms with Crippen LogP contribution in [-0.4, -0.2) is 22.5 Å². The van der Waals surface area contributed by atoms with Gasteiger partial charge in [0, 0.05) is 12.1 Å². The van der Waals surface area contributed by atoms with Gasteiger partial charge in [0.2, 0.25) is 0 Å². The fourth-order valence-corrected chi connectivity index (χ4v) is 1.10. The van der Waals surface area contributed by atoms with Crippen LogP contribution >= 0.6 is 0 Å². The number of non-ortho nitro benzene ring substituents is 1. The van der Waals surface area contributed by atoms with Gasteiger partial charge in [0.05, 0.1) is 4.92 Å². The summed E-state index contributed by atoms with van der Waals surface area (Å²) in [5.41, 5.74) is -0.942. The van der Waals surface area contributed by atoms with Gasteiger partial charge in [-0.25, -0.2) is 9.59 Å². The van der Waals surface area contributed by atoms with E-state index in [0.29, 0.717) is 0 Å². The van der Waals surface area contributed by atoms with Crippen molar-refractivity contribution in [2.45, 2.75) is 26.4 Å². The highest BCUT2D eigenvalue weighted by molar-refractivity contribution is 6.30. The van der Waals surface area contributed by atoms with E-state index < -0.39 is 22.5 Å². The van der Waals surface area contributed by atoms with Gasteiger partial charge in [-0.05, 0) is 32.9 Å². The Morgan fingerprint density at radius 2 is 1.63 bits per heavy atom. The third-order valence-corrected chi connectivity index (χ3v) is 1.82. The summed E-state index contributed by atoms with van der Waals surface area (Å²) in [7, 11) is 0. The molecule has 0 fully saturated rings. The number of nitrogens with zero attached hydrogens (tertiary/aromatic N) is 1. The van der Waals surface area contributed by atoms with E-state index in [1.807, 2.05) is 0 Å². The van der Waals surface area contributed by atoms with Gasteiger partial charge in [-0.3, -0.25) is 10.1 Å². The molecule has 0 radical (unpaired) electrons. The second kappa shape index (κ2) is 5.47. The standard InChI is InChI=1S/C12H13NO6/c1-12(2,3)19-11(15)10(14)18-9-6-4-8(5-7-9)13(16)17/h4-7H,1-3H3. The molecule has 0 N–H and O–H groups in total. The second-order valence-electron chi connectivity index (χ2n) is 4.64. The highest BCUT2D eigenvalue weighted by Crippen LogP contribution is 2.17. The predicted molar refractivity (Wildman–Crippen MR) is 64.6 cm³/mol. The Morgan fingerprint density at radius 3 is 2.05 bits per heavy atom. The molecule has 0 unspecified atom stereocenters. The van der Waals surface area contributed by atoms with E-state index in [2.05, 4.69) is 0 Å². The lowest BCUT2D eigenvalue weighted by Crippen LogP contribution is -2.31. The molecule has 102 valence electrons. The lowest BCUT2D eigenvalue weighted by atomic mass is 10.2. The van der Waals surface area contributed by atoms with Crippen LogP contribution in [0.25, 0.3) is 0 Å². The van der Waals surface area contributed by atoms with Crippen LogP contribution in [0, 0.1) is 10.1 Å². The maximum absolute atomic E-state index is 11.4. The van der Waals surface area contributed by atoms with Crippen LogP contribution in [-0.2, 0) is 14.3 Å². The normalized spacial score (nSPS) is 10.7. The monoisotopic (exact) mass is 267 g/mol. The Hall–Kier alpha value is -2.44. The van der Waals surface area contributed by atoms with Gasteiger partial charge in [-0.1, -0.05) is 0 Å². The van der Waals surface area contributed by atoms with Crippen LogP contribution in [0.3, 0.4) is 0 Å². The van der Waals surface area contributed by atoms with Crippen molar-refractivity contribution >= 4 is 17.6 Å². The Morgan fingerprint density at radius 1 is 1.11 bits per heavy atom. The molecule has 0 heterocycles. The number of hydrogen-bond donors (Lipinski definition) is 0. The molecule has 1 aromatic carbocycles. The third kappa shape index (κ3) is 4.74. The number of carbonyl (C=O) groups excluding carboxylic acids is 2. The molecule has 0 spiro atoms. The van der Waals surface area contributed by atoms with Gasteiger partial charge >= 0.3 is 11.9 Å². The van der Waals surface area contributed by atoms with Crippen LogP contribution < -0.4 is 4.74 Å². The van der Waals surface area contributed by atoms with E-state index in [-0.39, 0.29) is 11.4 Å². The van der Waals surface area contributed by atoms with Crippen molar-refractivity contribution in [1.82, 2.24) is 0 Å². The van der Waals surface area contributed by atoms with Gasteiger partial charge in [0.15, 0.2) is 0 Å². The number of carbonyl (C=O) groups is 2. The van der Waals surface area contributed by atoms with E-state index in [9.17, 15) is 19.7 Å². The fraction of sp³-hybridized carbons (Fsp3) is 0.333. The van der Waals surface area contributed by atoms with Gasteiger partial charge in [-0.2, -0.15) is 0 Å². The van der Waals surface area contributed by atoms with Crippen molar-refractivity contribution in [2.75, 3.05) is 0 Å². The minimum absolute atomic E-state index is 0.0291. The smallest absolute Gasteiger partial charge is 0.422 e. The lowest BCUT2D eigenvalue weighted by Gasteiger charge is -2.18. The zero-order valence-electron chi connectivity index (χ0n) is 10.7. The average Bonchev–Trinajstić information content (AvgIpc) is 2.27. The predicted octanol–water partition coefficient (Wildman–Crippen LogP) is 1.84. The molecule has 0 atom stereocenters. The number of hydrogen-bond acceptors (Lipinski definition) is 6. The third-order valence-electron chi connectivity index (χ3n) is 1.82. The van der Waals surface area contributed by atoms with Crippen molar-refractivity contribution in [1.29, 1.82) is 0 Å². The first-order valence-corrected chi connectivity index (χ1v) is 5.38. The Kier molecular flexibility index (Phi) is 4.21. The molecule has 1 rings (SSSR count). The highest BCUT2D eigenvalue weighted by Gasteiger charge is 2.24. The maximum Gasteiger partial charge on any atom is 0.422 e. The van der Waals surface area contributed by atoms with Crippen molar-refractivity contribution in [3.63, 3.8) is 0 Å². The Labute approximate surface area is 109 Å². The first kappa shape index (κ1) is 14.6. The summed E-state index contributed by atoms with van der Waals surface area (Å²) in [6.07, 6.45) is 0. The molecule has 1 aromatic rings. The number of esters is 2. The molecule has 0 aromatic heterocycles. The molecular weight excluding hydrogens is 254 g/mol. The van der Waals surface area contributed by atoms with Gasteiger partial charge in [-0.15, -0.1) is 0 Å². The van der Waals surface area contributed by atoms with Crippen molar-refractivity contribution in [3.05, 3.63) is 34.4 Å². The van der Waals surface area contributed by atoms with E-state index in [1.165, 1.54) is 12.1 Å². The summed E-state index contributed by atoms with van der Waals surface area (Å²) < 4.78 is 9.53. The topological polar surface area (TPSA) is 95.7 Å². The van der Waals surface area contributed by atoms with Gasteiger partial charge < -0.3 is 9.47 Å². The van der Waals surface area contributed by atoms with Crippen LogP contribution in [0.5, 0.6) is 5.75 Å². The van der Waals surface area contributed by atoms with E-state index in [4.69, 9.17) is 9.47 Å². The molecule has 0 aliphatic heterocycles. The van der Waals surface area contributed by atoms with Crippen molar-refractivity contribution in [3.8, 4) is 5.75 Å². The molecule has 7 heteroatoms. The maximum atomic E-state index is 11.4. The molecule has 0 saturated carbocycles. The molecule has 0 aliphatic carbocycles. The van der Waals surface area contributed by atoms with Crippen molar-refractivity contribution < 1.29 is 24.0 Å². The minimum atomic E-state index is -1.18. The summed E-state index contributed by atoms with van der Waals surface area (Å²) in [5.74, 6) is -2.27. The summed E-state index contributed by atoms with van der Waals surface area (Å²) >= 11 is 0. The summed E-state index contributed by atoms with van der Waals surface area (Å²) in [5, 5.41) is 10.4. The molecule has 0 aliphatic rings. The van der Waals surface area contributed by atoms with E-state index in [1.54, 1.807) is 20.8 Å². The van der Waals surface area contributed by atoms with Crippen molar-refractivity contribution in [2.24, 2.45) is 0 Å². The lowest BCUT2D eigenvalue weighted by molar-refractivity contribution is -0.384. The van der Waals surface area contributed by atoms with E-state index in [0.717, 1.165) is 12.1 Å². The van der Waals surface area contributed by atoms with Crippen LogP contribution in [0.1, 0.15) is 20.8 Å². The number of ether oxygens (including phenoxy) is 2. The Balaban J connectivity index is 2.67. The first-order chi connectivity index (χ1) is 8.69. The molecule has 0 bridgehead atoms. The van der Waals surface area contributed by atoms with E-state index >= 15 is 0 Å². The number of benzene rings is 1. The summed E-state index contributed by atoms with van der Waals surface area (Å²) in [4.78, 5) is 32.6. The Bertz CT molecular complexity index is 500. The van der Waals surface area contributed by atoms with Crippen LogP contribution in [0.2, 0.25) is 0 Å². The molecule has 0 amide bonds. The average molecular weight is 267 g/mol. The van der Waals surface area contributed by atoms with Crippen LogP contribution in [0.15, 0.2) is 24.3 Å². The second-order valence-corrected chi connectivity index (χ2v) is 4.64. The quantitative estimate of drug-likeness (QED) is 0.267. The molecule has 7 nitrogen and oxygen atoms in total. The highest BCUT2D eigenvalue weighted by atomic mass is 16.6. The fourth-order valence-electron chi connectivity index (χ4n) is 1.10. The largest absolute Gasteiger partial charge is 0.452 e. The summed E-state index contributed by atoms with van der Waals surface area (Å²) in [6, 6.07) is 4.77. The number of rotatable bonds is 2. The number of nitro benzene ring substituents is 1. The summed E-state index contributed by atoms with van der Waals surface area (Å²) in [6.45, 7) is 4.85.